The van der Waals surface area contributed by atoms with Crippen LogP contribution < -0.4 is 10.6 Å². The van der Waals surface area contributed by atoms with Crippen LogP contribution in [0.15, 0.2) is 42.5 Å². The number of rotatable bonds is 7. The zero-order valence-corrected chi connectivity index (χ0v) is 20.3. The van der Waals surface area contributed by atoms with Crippen molar-refractivity contribution in [3.8, 4) is 0 Å². The minimum atomic E-state index is -0.822. The molecule has 0 fully saturated rings. The fraction of sp³-hybridized carbons (Fsp3) is 0.400. The van der Waals surface area contributed by atoms with Crippen molar-refractivity contribution in [2.24, 2.45) is 0 Å². The molecule has 0 unspecified atom stereocenters. The molecule has 178 valence electrons. The van der Waals surface area contributed by atoms with E-state index in [9.17, 15) is 14.4 Å². The van der Waals surface area contributed by atoms with E-state index in [0.717, 1.165) is 27.4 Å². The molecule has 1 atom stereocenters. The van der Waals surface area contributed by atoms with Gasteiger partial charge in [0, 0.05) is 18.3 Å². The number of carbonyl (C=O) groups is 3. The van der Waals surface area contributed by atoms with Crippen molar-refractivity contribution >= 4 is 23.6 Å². The molecule has 0 radical (unpaired) electrons. The molecular weight excluding hydrogens is 422 g/mol. The molecule has 0 spiro atoms. The van der Waals surface area contributed by atoms with Gasteiger partial charge >= 0.3 is 6.09 Å². The zero-order chi connectivity index (χ0) is 24.8. The van der Waals surface area contributed by atoms with Crippen LogP contribution >= 0.6 is 0 Å². The second kappa shape index (κ2) is 11.0. The fourth-order valence-corrected chi connectivity index (χ4v) is 3.26. The predicted octanol–water partition coefficient (Wildman–Crippen LogP) is 4.36. The molecule has 0 bridgehead atoms. The Labute approximate surface area is 195 Å². The van der Waals surface area contributed by atoms with E-state index in [1.807, 2.05) is 56.3 Å². The van der Waals surface area contributed by atoms with Gasteiger partial charge in [0.25, 0.3) is 11.8 Å². The van der Waals surface area contributed by atoms with Gasteiger partial charge in [-0.1, -0.05) is 30.3 Å². The lowest BCUT2D eigenvalue weighted by Gasteiger charge is -2.24. The number of amides is 3. The molecule has 0 heterocycles. The number of hydroxylamine groups is 2. The summed E-state index contributed by atoms with van der Waals surface area (Å²) in [5.74, 6) is -0.605. The van der Waals surface area contributed by atoms with Crippen molar-refractivity contribution in [1.29, 1.82) is 0 Å². The first-order valence-corrected chi connectivity index (χ1v) is 10.7. The number of hydrogen-bond acceptors (Lipinski definition) is 5. The number of benzene rings is 2. The van der Waals surface area contributed by atoms with E-state index in [0.29, 0.717) is 5.56 Å². The largest absolute Gasteiger partial charge is 0.444 e. The van der Waals surface area contributed by atoms with Crippen LogP contribution in [0.25, 0.3) is 0 Å². The van der Waals surface area contributed by atoms with E-state index in [4.69, 9.17) is 9.57 Å². The van der Waals surface area contributed by atoms with Gasteiger partial charge in [-0.05, 0) is 70.4 Å². The summed E-state index contributed by atoms with van der Waals surface area (Å²) in [5, 5.41) is 6.48. The van der Waals surface area contributed by atoms with Crippen molar-refractivity contribution in [3.63, 3.8) is 0 Å². The summed E-state index contributed by atoms with van der Waals surface area (Å²) in [6.45, 7) is 10.6. The first-order valence-electron chi connectivity index (χ1n) is 10.7. The van der Waals surface area contributed by atoms with Crippen molar-refractivity contribution in [2.75, 3.05) is 12.4 Å². The molecule has 2 N–H and O–H groups in total. The highest BCUT2D eigenvalue weighted by Crippen LogP contribution is 2.20. The SMILES string of the molecule is Cc1cc(CON(C)C(=O)[C@H](C)NC(=O)OC(C)(C)C)cc(C)c1C(=O)Nc1ccccc1. The summed E-state index contributed by atoms with van der Waals surface area (Å²) in [4.78, 5) is 42.7. The van der Waals surface area contributed by atoms with E-state index in [-0.39, 0.29) is 12.5 Å². The van der Waals surface area contributed by atoms with Gasteiger partial charge in [0.05, 0.1) is 0 Å². The van der Waals surface area contributed by atoms with Crippen LogP contribution in [0.5, 0.6) is 0 Å². The van der Waals surface area contributed by atoms with Crippen LogP contribution in [0.4, 0.5) is 10.5 Å². The second-order valence-electron chi connectivity index (χ2n) is 8.90. The van der Waals surface area contributed by atoms with E-state index < -0.39 is 23.6 Å². The molecule has 0 aliphatic carbocycles. The summed E-state index contributed by atoms with van der Waals surface area (Å²) in [6, 6.07) is 12.2. The van der Waals surface area contributed by atoms with Gasteiger partial charge in [0.1, 0.15) is 18.2 Å². The Kier molecular flexibility index (Phi) is 8.59. The third-order valence-corrected chi connectivity index (χ3v) is 4.69. The Bertz CT molecular complexity index is 976. The number of aryl methyl sites for hydroxylation is 2. The molecule has 0 aliphatic heterocycles. The summed E-state index contributed by atoms with van der Waals surface area (Å²) in [6.07, 6.45) is -0.674. The smallest absolute Gasteiger partial charge is 0.408 e. The minimum absolute atomic E-state index is 0.129. The van der Waals surface area contributed by atoms with Crippen LogP contribution in [0, 0.1) is 13.8 Å². The van der Waals surface area contributed by atoms with Gasteiger partial charge < -0.3 is 15.4 Å². The van der Waals surface area contributed by atoms with Gasteiger partial charge in [-0.2, -0.15) is 0 Å². The minimum Gasteiger partial charge on any atom is -0.444 e. The second-order valence-corrected chi connectivity index (χ2v) is 8.90. The van der Waals surface area contributed by atoms with Gasteiger partial charge in [0.2, 0.25) is 0 Å². The Morgan fingerprint density at radius 3 is 2.15 bits per heavy atom. The van der Waals surface area contributed by atoms with Gasteiger partial charge in [-0.3, -0.25) is 14.4 Å². The Morgan fingerprint density at radius 1 is 1.03 bits per heavy atom. The normalized spacial score (nSPS) is 12.0. The molecule has 33 heavy (non-hydrogen) atoms. The van der Waals surface area contributed by atoms with Crippen molar-refractivity contribution in [2.45, 2.75) is 59.8 Å². The maximum atomic E-state index is 12.7. The fourth-order valence-electron chi connectivity index (χ4n) is 3.26. The summed E-state index contributed by atoms with van der Waals surface area (Å²) in [5.41, 5.74) is 3.08. The lowest BCUT2D eigenvalue weighted by atomic mass is 9.99. The molecule has 8 heteroatoms. The molecule has 0 aliphatic rings. The van der Waals surface area contributed by atoms with E-state index >= 15 is 0 Å². The molecule has 2 aromatic carbocycles. The van der Waals surface area contributed by atoms with Crippen LogP contribution in [-0.4, -0.2) is 41.7 Å². The van der Waals surface area contributed by atoms with Gasteiger partial charge in [-0.15, -0.1) is 0 Å². The number of hydrogen-bond donors (Lipinski definition) is 2. The molecule has 0 saturated carbocycles. The number of likely N-dealkylation sites (N-methyl/N-ethyl adjacent to an activating group) is 1. The number of anilines is 1. The number of para-hydroxylation sites is 1. The van der Waals surface area contributed by atoms with Crippen LogP contribution in [-0.2, 0) is 21.0 Å². The van der Waals surface area contributed by atoms with Crippen molar-refractivity contribution in [3.05, 3.63) is 64.7 Å². The zero-order valence-electron chi connectivity index (χ0n) is 20.3. The van der Waals surface area contributed by atoms with Crippen molar-refractivity contribution < 1.29 is 24.0 Å². The number of ether oxygens (including phenoxy) is 1. The van der Waals surface area contributed by atoms with Crippen LogP contribution in [0.2, 0.25) is 0 Å². The maximum Gasteiger partial charge on any atom is 0.408 e. The quantitative estimate of drug-likeness (QED) is 0.605. The van der Waals surface area contributed by atoms with E-state index in [1.165, 1.54) is 7.05 Å². The van der Waals surface area contributed by atoms with Crippen LogP contribution in [0.3, 0.4) is 0 Å². The standard InChI is InChI=1S/C25H33N3O5/c1-16-13-19(14-17(2)21(16)22(29)27-20-11-9-8-10-12-20)15-32-28(7)23(30)18(3)26-24(31)33-25(4,5)6/h8-14,18H,15H2,1-7H3,(H,26,31)(H,27,29)/t18-/m0/s1. The monoisotopic (exact) mass is 455 g/mol. The first-order chi connectivity index (χ1) is 15.4. The molecular formula is C25H33N3O5. The average molecular weight is 456 g/mol. The lowest BCUT2D eigenvalue weighted by Crippen LogP contribution is -2.46. The van der Waals surface area contributed by atoms with E-state index in [2.05, 4.69) is 10.6 Å². The number of alkyl carbamates (subject to hydrolysis) is 1. The first kappa shape index (κ1) is 25.9. The van der Waals surface area contributed by atoms with Gasteiger partial charge in [-0.25, -0.2) is 9.86 Å². The molecule has 0 aromatic heterocycles. The third kappa shape index (κ3) is 7.91. The Balaban J connectivity index is 1.97. The lowest BCUT2D eigenvalue weighted by molar-refractivity contribution is -0.184. The molecule has 3 amide bonds. The number of nitrogens with zero attached hydrogens (tertiary/aromatic N) is 1. The average Bonchev–Trinajstić information content (AvgIpc) is 2.70. The Morgan fingerprint density at radius 2 is 1.61 bits per heavy atom. The summed E-state index contributed by atoms with van der Waals surface area (Å²) < 4.78 is 5.17. The van der Waals surface area contributed by atoms with Gasteiger partial charge in [0.15, 0.2) is 0 Å². The summed E-state index contributed by atoms with van der Waals surface area (Å²) in [7, 11) is 1.48. The topological polar surface area (TPSA) is 97.0 Å². The molecule has 2 rings (SSSR count). The predicted molar refractivity (Wildman–Crippen MR) is 127 cm³/mol. The van der Waals surface area contributed by atoms with Crippen molar-refractivity contribution in [1.82, 2.24) is 10.4 Å². The number of nitrogens with one attached hydrogen (secondary N) is 2. The highest BCUT2D eigenvalue weighted by atomic mass is 16.7. The van der Waals surface area contributed by atoms with Crippen LogP contribution in [0.1, 0.15) is 54.7 Å². The summed E-state index contributed by atoms with van der Waals surface area (Å²) >= 11 is 0. The molecule has 8 nitrogen and oxygen atoms in total. The van der Waals surface area contributed by atoms with E-state index in [1.54, 1.807) is 27.7 Å². The maximum absolute atomic E-state index is 12.7. The molecule has 0 saturated heterocycles. The third-order valence-electron chi connectivity index (χ3n) is 4.69. The Hall–Kier alpha value is -3.39. The number of carbonyl (C=O) groups excluding carboxylic acids is 3. The molecule has 2 aromatic rings. The highest BCUT2D eigenvalue weighted by Gasteiger charge is 2.24. The highest BCUT2D eigenvalue weighted by molar-refractivity contribution is 6.06.